The second-order valence-corrected chi connectivity index (χ2v) is 8.58. The summed E-state index contributed by atoms with van der Waals surface area (Å²) in [5.74, 6) is -0.246. The summed E-state index contributed by atoms with van der Waals surface area (Å²) in [6.45, 7) is 1.72. The van der Waals surface area contributed by atoms with Crippen molar-refractivity contribution in [2.75, 3.05) is 0 Å². The first-order valence-electron chi connectivity index (χ1n) is 7.38. The maximum absolute atomic E-state index is 12.5. The number of primary sulfonamides is 1. The van der Waals surface area contributed by atoms with Crippen LogP contribution in [0.3, 0.4) is 0 Å². The molecule has 1 aromatic heterocycles. The summed E-state index contributed by atoms with van der Waals surface area (Å²) >= 11 is 0.919. The molecule has 0 aliphatic heterocycles. The molecule has 0 spiro atoms. The molecule has 0 radical (unpaired) electrons. The highest BCUT2D eigenvalue weighted by Gasteiger charge is 2.24. The van der Waals surface area contributed by atoms with Crippen molar-refractivity contribution in [1.29, 1.82) is 0 Å². The van der Waals surface area contributed by atoms with Gasteiger partial charge in [-0.25, -0.2) is 13.6 Å². The van der Waals surface area contributed by atoms with E-state index in [2.05, 4.69) is 11.4 Å². The van der Waals surface area contributed by atoms with E-state index in [-0.39, 0.29) is 16.2 Å². The molecule has 1 aromatic carbocycles. The standard InChI is InChI=1S/C16H18N2O3S2/c1-10-9-14(23(17,20)21)22-15(10)16(19)18-13-8-4-6-11-5-2-3-7-12(11)13/h2-3,5,7,9,13H,4,6,8H2,1H3,(H,18,19)(H2,17,20,21). The number of nitrogens with one attached hydrogen (secondary N) is 1. The first kappa shape index (κ1) is 16.2. The first-order chi connectivity index (χ1) is 10.9. The Balaban J connectivity index is 1.85. The topological polar surface area (TPSA) is 89.3 Å². The van der Waals surface area contributed by atoms with Crippen molar-refractivity contribution < 1.29 is 13.2 Å². The average molecular weight is 350 g/mol. The van der Waals surface area contributed by atoms with Crippen LogP contribution in [0.1, 0.15) is 45.2 Å². The number of benzene rings is 1. The number of hydrogen-bond acceptors (Lipinski definition) is 4. The first-order valence-corrected chi connectivity index (χ1v) is 9.74. The number of nitrogens with two attached hydrogens (primary N) is 1. The van der Waals surface area contributed by atoms with Gasteiger partial charge in [-0.3, -0.25) is 4.79 Å². The van der Waals surface area contributed by atoms with Gasteiger partial charge in [-0.1, -0.05) is 24.3 Å². The maximum Gasteiger partial charge on any atom is 0.262 e. The van der Waals surface area contributed by atoms with Crippen LogP contribution >= 0.6 is 11.3 Å². The van der Waals surface area contributed by atoms with Gasteiger partial charge in [-0.2, -0.15) is 0 Å². The highest BCUT2D eigenvalue weighted by Crippen LogP contribution is 2.31. The molecule has 1 unspecified atom stereocenters. The van der Waals surface area contributed by atoms with E-state index >= 15 is 0 Å². The van der Waals surface area contributed by atoms with Gasteiger partial charge in [0.05, 0.1) is 10.9 Å². The number of aryl methyl sites for hydroxylation is 2. The van der Waals surface area contributed by atoms with Crippen LogP contribution in [0.25, 0.3) is 0 Å². The molecule has 1 aliphatic carbocycles. The van der Waals surface area contributed by atoms with Gasteiger partial charge in [-0.05, 0) is 48.9 Å². The van der Waals surface area contributed by atoms with E-state index in [9.17, 15) is 13.2 Å². The van der Waals surface area contributed by atoms with Crippen molar-refractivity contribution in [3.8, 4) is 0 Å². The lowest BCUT2D eigenvalue weighted by molar-refractivity contribution is 0.0936. The van der Waals surface area contributed by atoms with Crippen LogP contribution in [0.5, 0.6) is 0 Å². The summed E-state index contributed by atoms with van der Waals surface area (Å²) in [5.41, 5.74) is 3.03. The largest absolute Gasteiger partial charge is 0.345 e. The summed E-state index contributed by atoms with van der Waals surface area (Å²) in [6, 6.07) is 9.51. The summed E-state index contributed by atoms with van der Waals surface area (Å²) in [4.78, 5) is 12.9. The van der Waals surface area contributed by atoms with Crippen LogP contribution in [-0.2, 0) is 16.4 Å². The lowest BCUT2D eigenvalue weighted by Crippen LogP contribution is -2.30. The zero-order chi connectivity index (χ0) is 16.6. The summed E-state index contributed by atoms with van der Waals surface area (Å²) in [6.07, 6.45) is 2.93. The number of sulfonamides is 1. The number of hydrogen-bond donors (Lipinski definition) is 2. The van der Waals surface area contributed by atoms with Crippen LogP contribution < -0.4 is 10.5 Å². The fourth-order valence-electron chi connectivity index (χ4n) is 2.95. The Morgan fingerprint density at radius 3 is 2.78 bits per heavy atom. The molecule has 0 bridgehead atoms. The third-order valence-electron chi connectivity index (χ3n) is 4.06. The molecule has 1 atom stereocenters. The minimum absolute atomic E-state index is 0.0178. The van der Waals surface area contributed by atoms with Crippen molar-refractivity contribution in [3.63, 3.8) is 0 Å². The average Bonchev–Trinajstić information content (AvgIpc) is 2.90. The summed E-state index contributed by atoms with van der Waals surface area (Å²) < 4.78 is 22.9. The van der Waals surface area contributed by atoms with Crippen LogP contribution in [0.4, 0.5) is 0 Å². The minimum Gasteiger partial charge on any atom is -0.345 e. The van der Waals surface area contributed by atoms with Gasteiger partial charge in [-0.15, -0.1) is 11.3 Å². The third kappa shape index (κ3) is 3.31. The molecular weight excluding hydrogens is 332 g/mol. The Hall–Kier alpha value is -1.70. The van der Waals surface area contributed by atoms with Gasteiger partial charge in [0, 0.05) is 0 Å². The Morgan fingerprint density at radius 1 is 1.35 bits per heavy atom. The van der Waals surface area contributed by atoms with Crippen molar-refractivity contribution in [3.05, 3.63) is 51.9 Å². The number of rotatable bonds is 3. The monoisotopic (exact) mass is 350 g/mol. The third-order valence-corrected chi connectivity index (χ3v) is 6.71. The Bertz CT molecular complexity index is 856. The second-order valence-electron chi connectivity index (χ2n) is 5.74. The molecule has 1 amide bonds. The number of fused-ring (bicyclic) bond motifs is 1. The predicted molar refractivity (Wildman–Crippen MR) is 90.0 cm³/mol. The molecule has 5 nitrogen and oxygen atoms in total. The van der Waals surface area contributed by atoms with Crippen LogP contribution in [-0.4, -0.2) is 14.3 Å². The molecule has 2 aromatic rings. The van der Waals surface area contributed by atoms with Gasteiger partial charge in [0.1, 0.15) is 4.21 Å². The van der Waals surface area contributed by atoms with E-state index in [0.717, 1.165) is 36.2 Å². The molecule has 122 valence electrons. The molecule has 3 N–H and O–H groups in total. The highest BCUT2D eigenvalue weighted by molar-refractivity contribution is 7.91. The normalized spacial score (nSPS) is 17.6. The van der Waals surface area contributed by atoms with E-state index < -0.39 is 10.0 Å². The van der Waals surface area contributed by atoms with Gasteiger partial charge < -0.3 is 5.32 Å². The fourth-order valence-corrected chi connectivity index (χ4v) is 4.81. The Morgan fingerprint density at radius 2 is 2.09 bits per heavy atom. The van der Waals surface area contributed by atoms with Gasteiger partial charge in [0.15, 0.2) is 0 Å². The van der Waals surface area contributed by atoms with Gasteiger partial charge in [0.2, 0.25) is 10.0 Å². The molecule has 0 saturated heterocycles. The minimum atomic E-state index is -3.78. The molecule has 0 saturated carbocycles. The molecular formula is C16H18N2O3S2. The number of carbonyl (C=O) groups excluding carboxylic acids is 1. The van der Waals surface area contributed by atoms with Crippen molar-refractivity contribution in [2.45, 2.75) is 36.4 Å². The van der Waals surface area contributed by atoms with Crippen molar-refractivity contribution in [2.24, 2.45) is 5.14 Å². The number of carbonyl (C=O) groups is 1. The number of amides is 1. The van der Waals surface area contributed by atoms with E-state index in [1.807, 2.05) is 18.2 Å². The Kier molecular flexibility index (Phi) is 4.27. The predicted octanol–water partition coefficient (Wildman–Crippen LogP) is 2.51. The number of thiophene rings is 1. The molecule has 1 aliphatic rings. The highest BCUT2D eigenvalue weighted by atomic mass is 32.2. The van der Waals surface area contributed by atoms with Crippen LogP contribution in [0, 0.1) is 6.92 Å². The molecule has 1 heterocycles. The van der Waals surface area contributed by atoms with E-state index in [1.54, 1.807) is 6.92 Å². The maximum atomic E-state index is 12.5. The molecule has 23 heavy (non-hydrogen) atoms. The smallest absolute Gasteiger partial charge is 0.262 e. The quantitative estimate of drug-likeness (QED) is 0.891. The van der Waals surface area contributed by atoms with Crippen LogP contribution in [0.2, 0.25) is 0 Å². The SMILES string of the molecule is Cc1cc(S(N)(=O)=O)sc1C(=O)NC1CCCc2ccccc21. The van der Waals surface area contributed by atoms with Gasteiger partial charge in [0.25, 0.3) is 5.91 Å². The Labute approximate surface area is 139 Å². The van der Waals surface area contributed by atoms with E-state index in [1.165, 1.54) is 11.6 Å². The molecule has 7 heteroatoms. The van der Waals surface area contributed by atoms with Crippen molar-refractivity contribution >= 4 is 27.3 Å². The van der Waals surface area contributed by atoms with E-state index in [0.29, 0.717) is 10.4 Å². The lowest BCUT2D eigenvalue weighted by Gasteiger charge is -2.26. The van der Waals surface area contributed by atoms with Crippen molar-refractivity contribution in [1.82, 2.24) is 5.32 Å². The fraction of sp³-hybridized carbons (Fsp3) is 0.312. The summed E-state index contributed by atoms with van der Waals surface area (Å²) in [7, 11) is -3.78. The molecule has 0 fully saturated rings. The molecule has 3 rings (SSSR count). The van der Waals surface area contributed by atoms with E-state index in [4.69, 9.17) is 5.14 Å². The lowest BCUT2D eigenvalue weighted by atomic mass is 9.88. The zero-order valence-electron chi connectivity index (χ0n) is 12.7. The zero-order valence-corrected chi connectivity index (χ0v) is 14.3. The van der Waals surface area contributed by atoms with Crippen LogP contribution in [0.15, 0.2) is 34.5 Å². The van der Waals surface area contributed by atoms with Gasteiger partial charge >= 0.3 is 0 Å². The second kappa shape index (κ2) is 6.07. The summed E-state index contributed by atoms with van der Waals surface area (Å²) in [5, 5.41) is 8.17.